The van der Waals surface area contributed by atoms with Gasteiger partial charge in [0, 0.05) is 0 Å². The first-order valence-electron chi connectivity index (χ1n) is 2.22. The van der Waals surface area contributed by atoms with Crippen LogP contribution in [0.25, 0.3) is 0 Å². The topological polar surface area (TPSA) is 29.1 Å². The average Bonchev–Trinajstić information content (AvgIpc) is 1.62. The lowest BCUT2D eigenvalue weighted by molar-refractivity contribution is 0.264. The fourth-order valence-electron chi connectivity index (χ4n) is 0.137. The van der Waals surface area contributed by atoms with Crippen molar-refractivity contribution < 1.29 is 4.79 Å². The quantitative estimate of drug-likeness (QED) is 0.448. The van der Waals surface area contributed by atoms with Crippen molar-refractivity contribution in [2.75, 3.05) is 20.0 Å². The number of nitrogens with one attached hydrogen (secondary N) is 1. The molecule has 0 heterocycles. The van der Waals surface area contributed by atoms with Crippen molar-refractivity contribution in [3.05, 3.63) is 0 Å². The molecule has 0 aliphatic heterocycles. The monoisotopic (exact) mass is 151 g/mol. The van der Waals surface area contributed by atoms with Gasteiger partial charge in [-0.1, -0.05) is 0 Å². The maximum atomic E-state index is 10.7. The van der Waals surface area contributed by atoms with E-state index >= 15 is 0 Å². The van der Waals surface area contributed by atoms with E-state index in [-0.39, 0.29) is 5.65 Å². The summed E-state index contributed by atoms with van der Waals surface area (Å²) in [4.78, 5) is 10.7. The Kier molecular flexibility index (Phi) is 2.78. The molecule has 2 nitrogen and oxygen atoms in total. The largest absolute Gasteiger partial charge is 0.664 e. The van der Waals surface area contributed by atoms with Crippen LogP contribution in [0.2, 0.25) is 0 Å². The molecule has 0 saturated heterocycles. The van der Waals surface area contributed by atoms with Gasteiger partial charge in [-0.3, -0.25) is 0 Å². The van der Waals surface area contributed by atoms with Gasteiger partial charge < -0.3 is 17.5 Å². The number of hydrogen-bond acceptors (Lipinski definition) is 2. The number of rotatable bonds is 1. The van der Waals surface area contributed by atoms with E-state index < -0.39 is 7.26 Å². The molecule has 1 amide bonds. The lowest BCUT2D eigenvalue weighted by Gasteiger charge is -2.12. The van der Waals surface area contributed by atoms with Crippen LogP contribution in [0.5, 0.6) is 0 Å². The molecular weight excluding hydrogens is 141 g/mol. The smallest absolute Gasteiger partial charge is 0.336 e. The van der Waals surface area contributed by atoms with Gasteiger partial charge in [0.1, 0.15) is 0 Å². The van der Waals surface area contributed by atoms with Gasteiger partial charge in [0.15, 0.2) is 0 Å². The van der Waals surface area contributed by atoms with Gasteiger partial charge in [0.2, 0.25) is 0 Å². The minimum absolute atomic E-state index is 0.00694. The molecule has 0 spiro atoms. The molecule has 0 rings (SSSR count). The van der Waals surface area contributed by atoms with E-state index in [1.165, 1.54) is 0 Å². The minimum atomic E-state index is -1.36. The van der Waals surface area contributed by atoms with E-state index in [4.69, 9.17) is 0 Å². The molecule has 0 aromatic rings. The van der Waals surface area contributed by atoms with Crippen LogP contribution in [-0.4, -0.2) is 25.6 Å². The molecule has 0 saturated carbocycles. The summed E-state index contributed by atoms with van der Waals surface area (Å²) in [5.41, 5.74) is 0.00694. The summed E-state index contributed by atoms with van der Waals surface area (Å²) >= 11 is 4.35. The molecule has 0 atom stereocenters. The Bertz CT molecular complexity index is 98.7. The minimum Gasteiger partial charge on any atom is -0.664 e. The fourth-order valence-corrected chi connectivity index (χ4v) is 1.23. The molecule has 0 unspecified atom stereocenters. The number of amides is 1. The van der Waals surface area contributed by atoms with Gasteiger partial charge in [-0.2, -0.15) is 0 Å². The van der Waals surface area contributed by atoms with E-state index in [1.54, 1.807) is 0 Å². The fraction of sp³-hybridized carbons (Fsp3) is 0.750. The summed E-state index contributed by atoms with van der Waals surface area (Å²) in [6.07, 6.45) is 0. The van der Waals surface area contributed by atoms with Gasteiger partial charge in [0.25, 0.3) is 0 Å². The van der Waals surface area contributed by atoms with E-state index in [9.17, 15) is 4.79 Å². The van der Waals surface area contributed by atoms with Crippen LogP contribution in [0, 0.1) is 0 Å². The van der Waals surface area contributed by atoms with Crippen LogP contribution < -0.4 is 4.72 Å². The molecule has 1 N–H and O–H groups in total. The van der Waals surface area contributed by atoms with Gasteiger partial charge in [-0.05, 0) is 0 Å². The zero-order chi connectivity index (χ0) is 6.78. The highest BCUT2D eigenvalue weighted by atomic mass is 32.1. The summed E-state index contributed by atoms with van der Waals surface area (Å²) < 4.78 is 2.20. The van der Waals surface area contributed by atoms with E-state index in [0.717, 1.165) is 0 Å². The summed E-state index contributed by atoms with van der Waals surface area (Å²) in [6.45, 7) is 5.78. The SMILES string of the molecule is C[P+](C)(C)C(=O)N[S-]. The average molecular weight is 151 g/mol. The molecule has 0 fully saturated rings. The van der Waals surface area contributed by atoms with E-state index in [2.05, 4.69) is 17.5 Å². The van der Waals surface area contributed by atoms with Gasteiger partial charge >= 0.3 is 5.65 Å². The summed E-state index contributed by atoms with van der Waals surface area (Å²) in [6, 6.07) is 0. The van der Waals surface area contributed by atoms with Crippen LogP contribution in [0.1, 0.15) is 0 Å². The van der Waals surface area contributed by atoms with Crippen molar-refractivity contribution >= 4 is 25.7 Å². The highest BCUT2D eigenvalue weighted by Gasteiger charge is 2.25. The molecule has 48 valence electrons. The molecular formula is C4H10NOPS. The second-order valence-corrected chi connectivity index (χ2v) is 7.05. The molecule has 0 aliphatic carbocycles. The van der Waals surface area contributed by atoms with Crippen LogP contribution in [0.4, 0.5) is 4.79 Å². The third kappa shape index (κ3) is 2.53. The number of carbonyl (C=O) groups excluding carboxylic acids is 1. The standard InChI is InChI=1S/C4H10NOPS/c1-7(2,3)4(6)5-8/h1-3H3,(H-,5,6,8). The predicted molar refractivity (Wildman–Crippen MR) is 40.6 cm³/mol. The van der Waals surface area contributed by atoms with Gasteiger partial charge in [-0.15, -0.1) is 0 Å². The van der Waals surface area contributed by atoms with Gasteiger partial charge in [0.05, 0.1) is 27.3 Å². The Hall–Kier alpha value is 0.250. The maximum Gasteiger partial charge on any atom is 0.336 e. The summed E-state index contributed by atoms with van der Waals surface area (Å²) in [5.74, 6) is 0. The number of hydrogen-bond donors (Lipinski definition) is 1. The summed E-state index contributed by atoms with van der Waals surface area (Å²) in [5, 5.41) is 0. The second-order valence-electron chi connectivity index (χ2n) is 2.42. The Morgan fingerprint density at radius 2 is 1.88 bits per heavy atom. The Morgan fingerprint density at radius 1 is 1.50 bits per heavy atom. The Labute approximate surface area is 55.9 Å². The normalized spacial score (nSPS) is 11.0. The van der Waals surface area contributed by atoms with Crippen molar-refractivity contribution in [3.63, 3.8) is 0 Å². The molecule has 0 aromatic heterocycles. The van der Waals surface area contributed by atoms with E-state index in [0.29, 0.717) is 0 Å². The van der Waals surface area contributed by atoms with Crippen molar-refractivity contribution in [2.45, 2.75) is 0 Å². The molecule has 0 aliphatic rings. The molecule has 0 radical (unpaired) electrons. The predicted octanol–water partition coefficient (Wildman–Crippen LogP) is 1.06. The lowest BCUT2D eigenvalue weighted by atomic mass is 11.4. The Morgan fingerprint density at radius 3 is 1.88 bits per heavy atom. The van der Waals surface area contributed by atoms with E-state index in [1.807, 2.05) is 20.0 Å². The zero-order valence-corrected chi connectivity index (χ0v) is 6.97. The second kappa shape index (κ2) is 2.70. The van der Waals surface area contributed by atoms with Crippen molar-refractivity contribution in [2.24, 2.45) is 0 Å². The zero-order valence-electron chi connectivity index (χ0n) is 5.26. The van der Waals surface area contributed by atoms with Crippen molar-refractivity contribution in [1.82, 2.24) is 4.72 Å². The summed E-state index contributed by atoms with van der Waals surface area (Å²) in [7, 11) is -1.36. The first-order chi connectivity index (χ1) is 3.48. The third-order valence-electron chi connectivity index (χ3n) is 0.697. The maximum absolute atomic E-state index is 10.7. The molecule has 8 heavy (non-hydrogen) atoms. The number of carbonyl (C=O) groups is 1. The highest BCUT2D eigenvalue weighted by Crippen LogP contribution is 2.46. The molecule has 0 bridgehead atoms. The Balaban J connectivity index is 3.82. The highest BCUT2D eigenvalue weighted by molar-refractivity contribution is 7.90. The van der Waals surface area contributed by atoms with Crippen molar-refractivity contribution in [1.29, 1.82) is 0 Å². The molecule has 0 aromatic carbocycles. The lowest BCUT2D eigenvalue weighted by Crippen LogP contribution is -2.16. The van der Waals surface area contributed by atoms with Crippen LogP contribution in [0.3, 0.4) is 0 Å². The van der Waals surface area contributed by atoms with Crippen molar-refractivity contribution in [3.8, 4) is 0 Å². The van der Waals surface area contributed by atoms with Crippen LogP contribution in [-0.2, 0) is 12.8 Å². The van der Waals surface area contributed by atoms with Gasteiger partial charge in [-0.25, -0.2) is 4.79 Å². The first kappa shape index (κ1) is 8.25. The third-order valence-corrected chi connectivity index (χ3v) is 2.36. The van der Waals surface area contributed by atoms with Crippen LogP contribution >= 0.6 is 7.26 Å². The first-order valence-corrected chi connectivity index (χ1v) is 5.76. The molecule has 4 heteroatoms. The van der Waals surface area contributed by atoms with Crippen LogP contribution in [0.15, 0.2) is 0 Å².